The maximum absolute atomic E-state index is 13.1. The number of hydrogen-bond donors (Lipinski definition) is 0. The first-order valence-electron chi connectivity index (χ1n) is 9.91. The zero-order valence-electron chi connectivity index (χ0n) is 18.3. The van der Waals surface area contributed by atoms with Crippen molar-refractivity contribution >= 4 is 12.0 Å². The molecule has 31 heavy (non-hydrogen) atoms. The van der Waals surface area contributed by atoms with Crippen LogP contribution in [0.3, 0.4) is 0 Å². The molecule has 0 spiro atoms. The second-order valence-corrected chi connectivity index (χ2v) is 8.27. The fourth-order valence-corrected chi connectivity index (χ4v) is 2.92. The fourth-order valence-electron chi connectivity index (χ4n) is 2.92. The van der Waals surface area contributed by atoms with Gasteiger partial charge in [-0.15, -0.1) is 0 Å². The van der Waals surface area contributed by atoms with Crippen LogP contribution in [0.5, 0.6) is 11.6 Å². The number of benzene rings is 2. The molecule has 0 saturated carbocycles. The summed E-state index contributed by atoms with van der Waals surface area (Å²) in [5.41, 5.74) is 2.54. The Kier molecular flexibility index (Phi) is 6.53. The molecule has 0 aliphatic heterocycles. The average molecular weight is 423 g/mol. The minimum absolute atomic E-state index is 0.0960. The van der Waals surface area contributed by atoms with Gasteiger partial charge in [0.1, 0.15) is 18.2 Å². The van der Waals surface area contributed by atoms with Crippen molar-refractivity contribution in [1.82, 2.24) is 9.78 Å². The molecule has 1 heterocycles. The van der Waals surface area contributed by atoms with Crippen molar-refractivity contribution in [3.05, 3.63) is 76.7 Å². The molecule has 0 unspecified atom stereocenters. The molecule has 0 radical (unpaired) electrons. The summed E-state index contributed by atoms with van der Waals surface area (Å²) in [6.45, 7) is 7.79. The number of oxime groups is 1. The molecule has 3 rings (SSSR count). The van der Waals surface area contributed by atoms with E-state index >= 15 is 0 Å². The summed E-state index contributed by atoms with van der Waals surface area (Å²) < 4.78 is 20.6. The summed E-state index contributed by atoms with van der Waals surface area (Å²) in [6, 6.07) is 13.1. The van der Waals surface area contributed by atoms with Crippen molar-refractivity contribution in [1.29, 1.82) is 0 Å². The molecule has 0 fully saturated rings. The summed E-state index contributed by atoms with van der Waals surface area (Å²) in [4.78, 5) is 17.7. The van der Waals surface area contributed by atoms with E-state index < -0.39 is 5.41 Å². The number of rotatable bonds is 7. The number of halogens is 1. The highest BCUT2D eigenvalue weighted by Crippen LogP contribution is 2.26. The van der Waals surface area contributed by atoms with E-state index in [9.17, 15) is 9.18 Å². The number of aryl methyl sites for hydroxylation is 2. The maximum atomic E-state index is 13.1. The Morgan fingerprint density at radius 3 is 2.39 bits per heavy atom. The highest BCUT2D eigenvalue weighted by atomic mass is 19.1. The predicted molar refractivity (Wildman–Crippen MR) is 117 cm³/mol. The molecule has 162 valence electrons. The lowest BCUT2D eigenvalue weighted by Gasteiger charge is -2.16. The van der Waals surface area contributed by atoms with Gasteiger partial charge in [-0.3, -0.25) is 4.79 Å². The van der Waals surface area contributed by atoms with Gasteiger partial charge in [-0.25, -0.2) is 9.07 Å². The van der Waals surface area contributed by atoms with Crippen molar-refractivity contribution in [3.8, 4) is 11.6 Å². The topological polar surface area (TPSA) is 65.7 Å². The quantitative estimate of drug-likeness (QED) is 0.288. The Morgan fingerprint density at radius 2 is 1.77 bits per heavy atom. The van der Waals surface area contributed by atoms with Gasteiger partial charge in [-0.05, 0) is 36.8 Å². The molecule has 0 N–H and O–H groups in total. The molecular formula is C24H26FN3O3. The van der Waals surface area contributed by atoms with Crippen molar-refractivity contribution < 1.29 is 18.8 Å². The van der Waals surface area contributed by atoms with Crippen LogP contribution < -0.4 is 4.74 Å². The largest absolute Gasteiger partial charge is 0.439 e. The zero-order chi connectivity index (χ0) is 22.6. The number of Topliss-reactive ketones (excluding diaryl/α,β-unsaturated/α-hetero) is 1. The highest BCUT2D eigenvalue weighted by molar-refractivity contribution is 5.99. The van der Waals surface area contributed by atoms with Crippen molar-refractivity contribution in [2.75, 3.05) is 0 Å². The van der Waals surface area contributed by atoms with E-state index in [0.717, 1.165) is 11.3 Å². The molecule has 0 amide bonds. The SMILES string of the molecule is Cc1nn(C)c(Oc2ccc(F)cc2)c1C=NOCc1ccc(C(=O)C(C)(C)C)cc1. The smallest absolute Gasteiger partial charge is 0.226 e. The van der Waals surface area contributed by atoms with Gasteiger partial charge >= 0.3 is 0 Å². The van der Waals surface area contributed by atoms with E-state index in [1.807, 2.05) is 39.8 Å². The van der Waals surface area contributed by atoms with Crippen LogP contribution in [0.4, 0.5) is 4.39 Å². The highest BCUT2D eigenvalue weighted by Gasteiger charge is 2.22. The second kappa shape index (κ2) is 9.12. The monoisotopic (exact) mass is 423 g/mol. The number of ether oxygens (including phenoxy) is 1. The van der Waals surface area contributed by atoms with Crippen LogP contribution in [0, 0.1) is 18.2 Å². The van der Waals surface area contributed by atoms with E-state index in [-0.39, 0.29) is 18.2 Å². The number of carbonyl (C=O) groups is 1. The molecule has 0 saturated heterocycles. The minimum atomic E-state index is -0.419. The number of ketones is 1. The summed E-state index contributed by atoms with van der Waals surface area (Å²) in [5.74, 6) is 0.726. The van der Waals surface area contributed by atoms with Crippen LogP contribution >= 0.6 is 0 Å². The zero-order valence-corrected chi connectivity index (χ0v) is 18.3. The van der Waals surface area contributed by atoms with Gasteiger partial charge in [-0.2, -0.15) is 5.10 Å². The Bertz CT molecular complexity index is 1080. The van der Waals surface area contributed by atoms with E-state index in [0.29, 0.717) is 22.8 Å². The van der Waals surface area contributed by atoms with Crippen LogP contribution in [-0.2, 0) is 18.5 Å². The van der Waals surface area contributed by atoms with Crippen molar-refractivity contribution in [2.24, 2.45) is 17.6 Å². The first-order chi connectivity index (χ1) is 14.6. The lowest BCUT2D eigenvalue weighted by Crippen LogP contribution is -2.20. The lowest BCUT2D eigenvalue weighted by molar-refractivity contribution is 0.0858. The van der Waals surface area contributed by atoms with E-state index in [1.54, 1.807) is 42.2 Å². The predicted octanol–water partition coefficient (Wildman–Crippen LogP) is 5.44. The van der Waals surface area contributed by atoms with Gasteiger partial charge in [0.05, 0.1) is 17.5 Å². The molecule has 3 aromatic rings. The third-order valence-corrected chi connectivity index (χ3v) is 4.63. The number of aromatic nitrogens is 2. The summed E-state index contributed by atoms with van der Waals surface area (Å²) in [7, 11) is 1.75. The van der Waals surface area contributed by atoms with Crippen molar-refractivity contribution in [2.45, 2.75) is 34.3 Å². The third kappa shape index (κ3) is 5.57. The normalized spacial score (nSPS) is 11.7. The van der Waals surface area contributed by atoms with Crippen LogP contribution in [0.1, 0.15) is 48.0 Å². The Labute approximate surface area is 181 Å². The summed E-state index contributed by atoms with van der Waals surface area (Å²) in [6.07, 6.45) is 1.54. The van der Waals surface area contributed by atoms with Gasteiger partial charge in [0.25, 0.3) is 0 Å². The van der Waals surface area contributed by atoms with Crippen LogP contribution in [0.2, 0.25) is 0 Å². The van der Waals surface area contributed by atoms with Gasteiger partial charge in [0.2, 0.25) is 5.88 Å². The fraction of sp³-hybridized carbons (Fsp3) is 0.292. The third-order valence-electron chi connectivity index (χ3n) is 4.63. The molecule has 2 aromatic carbocycles. The van der Waals surface area contributed by atoms with E-state index in [1.165, 1.54) is 12.1 Å². The Morgan fingerprint density at radius 1 is 1.13 bits per heavy atom. The summed E-state index contributed by atoms with van der Waals surface area (Å²) >= 11 is 0. The van der Waals surface area contributed by atoms with Crippen molar-refractivity contribution in [3.63, 3.8) is 0 Å². The number of hydrogen-bond acceptors (Lipinski definition) is 5. The van der Waals surface area contributed by atoms with Gasteiger partial charge in [0.15, 0.2) is 5.78 Å². The van der Waals surface area contributed by atoms with E-state index in [4.69, 9.17) is 9.57 Å². The molecule has 0 aliphatic carbocycles. The Balaban J connectivity index is 1.65. The number of nitrogens with zero attached hydrogens (tertiary/aromatic N) is 3. The maximum Gasteiger partial charge on any atom is 0.226 e. The first kappa shape index (κ1) is 22.2. The molecule has 6 nitrogen and oxygen atoms in total. The van der Waals surface area contributed by atoms with E-state index in [2.05, 4.69) is 10.3 Å². The van der Waals surface area contributed by atoms with Gasteiger partial charge < -0.3 is 9.57 Å². The molecular weight excluding hydrogens is 397 g/mol. The number of carbonyl (C=O) groups excluding carboxylic acids is 1. The molecule has 0 atom stereocenters. The summed E-state index contributed by atoms with van der Waals surface area (Å²) in [5, 5.41) is 8.39. The second-order valence-electron chi connectivity index (χ2n) is 8.27. The molecule has 0 bridgehead atoms. The van der Waals surface area contributed by atoms with Gasteiger partial charge in [-0.1, -0.05) is 50.2 Å². The average Bonchev–Trinajstić information content (AvgIpc) is 2.99. The van der Waals surface area contributed by atoms with Gasteiger partial charge in [0, 0.05) is 18.0 Å². The minimum Gasteiger partial charge on any atom is -0.439 e. The van der Waals surface area contributed by atoms with Crippen LogP contribution in [0.15, 0.2) is 53.7 Å². The van der Waals surface area contributed by atoms with Crippen LogP contribution in [0.25, 0.3) is 0 Å². The first-order valence-corrected chi connectivity index (χ1v) is 9.91. The molecule has 0 aliphatic rings. The Hall–Kier alpha value is -3.48. The lowest BCUT2D eigenvalue weighted by atomic mass is 9.86. The van der Waals surface area contributed by atoms with Crippen LogP contribution in [-0.4, -0.2) is 21.8 Å². The molecule has 7 heteroatoms. The molecule has 1 aromatic heterocycles. The standard InChI is InChI=1S/C24H26FN3O3/c1-16-21(23(28(5)27-16)31-20-12-10-19(25)11-13-20)14-26-30-15-17-6-8-18(9-7-17)22(29)24(2,3)4/h6-14H,15H2,1-5H3.